The van der Waals surface area contributed by atoms with Crippen LogP contribution < -0.4 is 0 Å². The first-order valence-corrected chi connectivity index (χ1v) is 11.7. The number of hydrogen-bond donors (Lipinski definition) is 0. The summed E-state index contributed by atoms with van der Waals surface area (Å²) in [6.07, 6.45) is 3.36. The molecule has 0 bridgehead atoms. The van der Waals surface area contributed by atoms with Crippen LogP contribution in [0.25, 0.3) is 22.3 Å². The summed E-state index contributed by atoms with van der Waals surface area (Å²) in [6.45, 7) is 0.659. The highest BCUT2D eigenvalue weighted by atomic mass is 32.2. The molecule has 5 aromatic rings. The van der Waals surface area contributed by atoms with Crippen molar-refractivity contribution in [1.82, 2.24) is 19.5 Å². The first kappa shape index (κ1) is 20.3. The number of thiophene rings is 1. The predicted molar refractivity (Wildman–Crippen MR) is 127 cm³/mol. The van der Waals surface area contributed by atoms with Gasteiger partial charge in [-0.1, -0.05) is 48.2 Å². The maximum absolute atomic E-state index is 10.8. The molecule has 0 saturated heterocycles. The number of nitro benzene ring substituents is 1. The van der Waals surface area contributed by atoms with Gasteiger partial charge < -0.3 is 4.57 Å². The van der Waals surface area contributed by atoms with Gasteiger partial charge in [-0.25, -0.2) is 15.0 Å². The highest BCUT2D eigenvalue weighted by molar-refractivity contribution is 7.98. The van der Waals surface area contributed by atoms with Crippen molar-refractivity contribution in [2.24, 2.45) is 0 Å². The number of imidazole rings is 1. The number of hydrogen-bond acceptors (Lipinski definition) is 7. The fourth-order valence-electron chi connectivity index (χ4n) is 3.49. The lowest BCUT2D eigenvalue weighted by Gasteiger charge is -2.10. The lowest BCUT2D eigenvalue weighted by Crippen LogP contribution is -2.01. The quantitative estimate of drug-likeness (QED) is 0.132. The second-order valence-electron chi connectivity index (χ2n) is 7.10. The summed E-state index contributed by atoms with van der Waals surface area (Å²) in [5, 5.41) is 15.9. The largest absolute Gasteiger partial charge is 0.311 e. The minimum atomic E-state index is -0.395. The van der Waals surface area contributed by atoms with Crippen molar-refractivity contribution >= 4 is 39.9 Å². The fourth-order valence-corrected chi connectivity index (χ4v) is 5.04. The van der Waals surface area contributed by atoms with Crippen LogP contribution in [0, 0.1) is 10.1 Å². The number of fused-ring (bicyclic) bond motifs is 1. The number of rotatable bonds is 7. The second kappa shape index (κ2) is 8.89. The van der Waals surface area contributed by atoms with E-state index in [1.165, 1.54) is 28.8 Å². The number of non-ortho nitro benzene ring substituents is 1. The van der Waals surface area contributed by atoms with E-state index in [4.69, 9.17) is 0 Å². The van der Waals surface area contributed by atoms with Crippen LogP contribution in [0.15, 0.2) is 83.0 Å². The Balaban J connectivity index is 1.39. The molecule has 0 saturated carbocycles. The highest BCUT2D eigenvalue weighted by Crippen LogP contribution is 2.29. The Morgan fingerprint density at radius 2 is 1.88 bits per heavy atom. The minimum Gasteiger partial charge on any atom is -0.311 e. The molecule has 0 N–H and O–H groups in total. The first-order valence-electron chi connectivity index (χ1n) is 9.81. The SMILES string of the molecule is O=[N+]([O-])c1ccc(CSc2ncnc3c2ncn3Cc2ccccc2-c2ccsc2)cc1. The molecular formula is C23H17N5O2S2. The molecule has 7 nitrogen and oxygen atoms in total. The monoisotopic (exact) mass is 459 g/mol. The van der Waals surface area contributed by atoms with Crippen LogP contribution in [0.4, 0.5) is 5.69 Å². The highest BCUT2D eigenvalue weighted by Gasteiger charge is 2.13. The van der Waals surface area contributed by atoms with Crippen molar-refractivity contribution in [2.45, 2.75) is 17.3 Å². The van der Waals surface area contributed by atoms with E-state index in [9.17, 15) is 10.1 Å². The smallest absolute Gasteiger partial charge is 0.269 e. The third kappa shape index (κ3) is 4.12. The molecule has 0 aliphatic heterocycles. The van der Waals surface area contributed by atoms with E-state index >= 15 is 0 Å². The molecule has 0 fully saturated rings. The van der Waals surface area contributed by atoms with E-state index in [1.807, 2.05) is 10.6 Å². The van der Waals surface area contributed by atoms with Crippen molar-refractivity contribution in [2.75, 3.05) is 0 Å². The predicted octanol–water partition coefficient (Wildman–Crippen LogP) is 5.80. The number of thioether (sulfide) groups is 1. The zero-order chi connectivity index (χ0) is 21.9. The molecule has 158 valence electrons. The zero-order valence-corrected chi connectivity index (χ0v) is 18.4. The number of nitrogens with zero attached hydrogens (tertiary/aromatic N) is 5. The van der Waals surface area contributed by atoms with Crippen LogP contribution in [0.5, 0.6) is 0 Å². The summed E-state index contributed by atoms with van der Waals surface area (Å²) < 4.78 is 2.04. The molecule has 0 aliphatic rings. The van der Waals surface area contributed by atoms with Gasteiger partial charge in [0.25, 0.3) is 5.69 Å². The summed E-state index contributed by atoms with van der Waals surface area (Å²) in [5.74, 6) is 0.637. The van der Waals surface area contributed by atoms with Crippen molar-refractivity contribution < 1.29 is 4.92 Å². The number of nitro groups is 1. The van der Waals surface area contributed by atoms with Gasteiger partial charge >= 0.3 is 0 Å². The van der Waals surface area contributed by atoms with E-state index in [0.717, 1.165) is 21.8 Å². The molecule has 9 heteroatoms. The average Bonchev–Trinajstić information content (AvgIpc) is 3.49. The van der Waals surface area contributed by atoms with Gasteiger partial charge in [0.1, 0.15) is 16.9 Å². The van der Waals surface area contributed by atoms with Gasteiger partial charge in [-0.05, 0) is 39.1 Å². The molecule has 0 atom stereocenters. The van der Waals surface area contributed by atoms with E-state index in [-0.39, 0.29) is 5.69 Å². The molecule has 3 heterocycles. The van der Waals surface area contributed by atoms with Crippen molar-refractivity contribution in [3.8, 4) is 11.1 Å². The van der Waals surface area contributed by atoms with E-state index in [0.29, 0.717) is 12.3 Å². The Morgan fingerprint density at radius 3 is 2.66 bits per heavy atom. The van der Waals surface area contributed by atoms with Gasteiger partial charge in [0.2, 0.25) is 0 Å². The summed E-state index contributed by atoms with van der Waals surface area (Å²) in [5.41, 5.74) is 6.23. The van der Waals surface area contributed by atoms with Crippen molar-refractivity contribution in [3.63, 3.8) is 0 Å². The molecule has 3 aromatic heterocycles. The normalized spacial score (nSPS) is 11.1. The Labute approximate surface area is 192 Å². The van der Waals surface area contributed by atoms with Gasteiger partial charge in [0.05, 0.1) is 17.8 Å². The summed E-state index contributed by atoms with van der Waals surface area (Å²) in [4.78, 5) is 23.9. The van der Waals surface area contributed by atoms with E-state index < -0.39 is 4.92 Å². The Hall–Kier alpha value is -3.56. The molecule has 5 rings (SSSR count). The van der Waals surface area contributed by atoms with E-state index in [2.05, 4.69) is 50.0 Å². The number of benzene rings is 2. The van der Waals surface area contributed by atoms with Crippen LogP contribution in [-0.2, 0) is 12.3 Å². The average molecular weight is 460 g/mol. The lowest BCUT2D eigenvalue weighted by molar-refractivity contribution is -0.384. The van der Waals surface area contributed by atoms with Crippen LogP contribution in [-0.4, -0.2) is 24.4 Å². The van der Waals surface area contributed by atoms with Gasteiger partial charge in [-0.2, -0.15) is 11.3 Å². The maximum Gasteiger partial charge on any atom is 0.269 e. The molecule has 0 amide bonds. The molecule has 32 heavy (non-hydrogen) atoms. The van der Waals surface area contributed by atoms with Crippen LogP contribution in [0.1, 0.15) is 11.1 Å². The second-order valence-corrected chi connectivity index (χ2v) is 8.85. The van der Waals surface area contributed by atoms with Crippen LogP contribution >= 0.6 is 23.1 Å². The van der Waals surface area contributed by atoms with Crippen molar-refractivity contribution in [3.05, 3.63) is 99.3 Å². The Morgan fingerprint density at radius 1 is 1.03 bits per heavy atom. The molecule has 0 aliphatic carbocycles. The number of aromatic nitrogens is 4. The Kier molecular flexibility index (Phi) is 5.66. The third-order valence-corrected chi connectivity index (χ3v) is 6.81. The first-order chi connectivity index (χ1) is 15.7. The van der Waals surface area contributed by atoms with Gasteiger partial charge in [-0.3, -0.25) is 10.1 Å². The summed E-state index contributed by atoms with van der Waals surface area (Å²) in [6, 6.07) is 17.1. The topological polar surface area (TPSA) is 86.7 Å². The lowest BCUT2D eigenvalue weighted by atomic mass is 10.0. The summed E-state index contributed by atoms with van der Waals surface area (Å²) >= 11 is 3.23. The Bertz CT molecular complexity index is 1380. The minimum absolute atomic E-state index is 0.0876. The molecule has 0 spiro atoms. The maximum atomic E-state index is 10.8. The fraction of sp³-hybridized carbons (Fsp3) is 0.0870. The van der Waals surface area contributed by atoms with Gasteiger partial charge in [0.15, 0.2) is 5.65 Å². The van der Waals surface area contributed by atoms with Crippen LogP contribution in [0.3, 0.4) is 0 Å². The third-order valence-electron chi connectivity index (χ3n) is 5.08. The van der Waals surface area contributed by atoms with Gasteiger partial charge in [0, 0.05) is 17.9 Å². The molecule has 2 aromatic carbocycles. The molecule has 0 radical (unpaired) electrons. The molecular weight excluding hydrogens is 442 g/mol. The van der Waals surface area contributed by atoms with Gasteiger partial charge in [-0.15, -0.1) is 0 Å². The molecule has 0 unspecified atom stereocenters. The van der Waals surface area contributed by atoms with Crippen molar-refractivity contribution in [1.29, 1.82) is 0 Å². The van der Waals surface area contributed by atoms with Crippen LogP contribution in [0.2, 0.25) is 0 Å². The zero-order valence-electron chi connectivity index (χ0n) is 16.8. The standard InChI is InChI=1S/C23H17N5O2S2/c29-28(30)19-7-5-16(6-8-19)12-32-23-21-22(24-14-25-23)27(15-26-21)11-17-3-1-2-4-20(17)18-9-10-31-13-18/h1-10,13-15H,11-12H2. The summed E-state index contributed by atoms with van der Waals surface area (Å²) in [7, 11) is 0. The van der Waals surface area contributed by atoms with E-state index in [1.54, 1.807) is 47.9 Å².